The Hall–Kier alpha value is -2.57. The minimum Gasteiger partial charge on any atom is -0.450 e. The van der Waals surface area contributed by atoms with E-state index in [1.807, 2.05) is 30.3 Å². The first-order valence-electron chi connectivity index (χ1n) is 9.04. The lowest BCUT2D eigenvalue weighted by Crippen LogP contribution is -2.50. The van der Waals surface area contributed by atoms with Gasteiger partial charge in [0.25, 0.3) is 0 Å². The summed E-state index contributed by atoms with van der Waals surface area (Å²) in [7, 11) is 1.74. The van der Waals surface area contributed by atoms with Crippen molar-refractivity contribution in [3.05, 3.63) is 30.3 Å². The van der Waals surface area contributed by atoms with Crippen LogP contribution in [0.2, 0.25) is 0 Å². The van der Waals surface area contributed by atoms with Crippen molar-refractivity contribution in [2.75, 3.05) is 44.7 Å². The zero-order valence-electron chi connectivity index (χ0n) is 15.5. The number of hydrogen-bond donors (Lipinski definition) is 0. The Bertz CT molecular complexity index is 612. The molecule has 1 aromatic carbocycles. The van der Waals surface area contributed by atoms with Gasteiger partial charge in [-0.2, -0.15) is 0 Å². The highest BCUT2D eigenvalue weighted by molar-refractivity contribution is 5.93. The number of rotatable bonds is 6. The second-order valence-corrected chi connectivity index (χ2v) is 6.21. The van der Waals surface area contributed by atoms with Crippen LogP contribution in [0.5, 0.6) is 0 Å². The van der Waals surface area contributed by atoms with E-state index in [0.717, 1.165) is 5.69 Å². The van der Waals surface area contributed by atoms with Gasteiger partial charge in [0.2, 0.25) is 11.8 Å². The molecule has 1 aliphatic rings. The van der Waals surface area contributed by atoms with Crippen LogP contribution in [0, 0.1) is 0 Å². The van der Waals surface area contributed by atoms with E-state index in [4.69, 9.17) is 4.74 Å². The van der Waals surface area contributed by atoms with Crippen LogP contribution in [-0.2, 0) is 14.3 Å². The van der Waals surface area contributed by atoms with Crippen LogP contribution in [0.4, 0.5) is 10.5 Å². The van der Waals surface area contributed by atoms with Gasteiger partial charge in [-0.1, -0.05) is 18.2 Å². The van der Waals surface area contributed by atoms with Gasteiger partial charge in [-0.15, -0.1) is 0 Å². The molecule has 0 unspecified atom stereocenters. The molecule has 26 heavy (non-hydrogen) atoms. The zero-order valence-corrected chi connectivity index (χ0v) is 15.5. The van der Waals surface area contributed by atoms with E-state index in [0.29, 0.717) is 52.0 Å². The number of nitrogens with zero attached hydrogens (tertiary/aromatic N) is 3. The van der Waals surface area contributed by atoms with Gasteiger partial charge < -0.3 is 19.4 Å². The second-order valence-electron chi connectivity index (χ2n) is 6.21. The van der Waals surface area contributed by atoms with Gasteiger partial charge in [0.05, 0.1) is 6.61 Å². The molecule has 0 N–H and O–H groups in total. The third kappa shape index (κ3) is 5.47. The van der Waals surface area contributed by atoms with E-state index >= 15 is 0 Å². The Morgan fingerprint density at radius 3 is 2.23 bits per heavy atom. The van der Waals surface area contributed by atoms with E-state index in [1.165, 1.54) is 0 Å². The highest BCUT2D eigenvalue weighted by Crippen LogP contribution is 2.14. The summed E-state index contributed by atoms with van der Waals surface area (Å²) in [5.74, 6) is 0.0276. The number of carbonyl (C=O) groups is 3. The molecule has 7 heteroatoms. The highest BCUT2D eigenvalue weighted by Gasteiger charge is 2.24. The monoisotopic (exact) mass is 361 g/mol. The summed E-state index contributed by atoms with van der Waals surface area (Å²) in [6.45, 7) is 4.11. The van der Waals surface area contributed by atoms with Crippen molar-refractivity contribution in [2.45, 2.75) is 26.2 Å². The maximum atomic E-state index is 12.3. The molecule has 0 atom stereocenters. The van der Waals surface area contributed by atoms with Crippen molar-refractivity contribution in [1.29, 1.82) is 0 Å². The number of carbonyl (C=O) groups excluding carboxylic acids is 3. The molecular formula is C19H27N3O4. The molecule has 0 radical (unpaired) electrons. The van der Waals surface area contributed by atoms with Crippen LogP contribution in [0.15, 0.2) is 30.3 Å². The van der Waals surface area contributed by atoms with Crippen LogP contribution in [-0.4, -0.2) is 67.5 Å². The standard InChI is InChI=1S/C19H27N3O4/c1-3-26-19(25)22-14-12-21(13-15-22)18(24)11-7-10-17(23)20(2)16-8-5-4-6-9-16/h4-6,8-9H,3,7,10-15H2,1-2H3. The van der Waals surface area contributed by atoms with E-state index in [2.05, 4.69) is 0 Å². The molecular weight excluding hydrogens is 334 g/mol. The van der Waals surface area contributed by atoms with Crippen molar-refractivity contribution < 1.29 is 19.1 Å². The minimum absolute atomic E-state index is 0.00358. The van der Waals surface area contributed by atoms with Crippen LogP contribution in [0.25, 0.3) is 0 Å². The molecule has 1 aromatic rings. The minimum atomic E-state index is -0.325. The summed E-state index contributed by atoms with van der Waals surface area (Å²) >= 11 is 0. The molecule has 1 aliphatic heterocycles. The van der Waals surface area contributed by atoms with Crippen LogP contribution in [0.3, 0.4) is 0 Å². The number of benzene rings is 1. The predicted molar refractivity (Wildman–Crippen MR) is 98.9 cm³/mol. The molecule has 142 valence electrons. The number of para-hydroxylation sites is 1. The molecule has 0 aromatic heterocycles. The first kappa shape index (κ1) is 19.8. The topological polar surface area (TPSA) is 70.2 Å². The smallest absolute Gasteiger partial charge is 0.409 e. The third-order valence-electron chi connectivity index (χ3n) is 4.46. The largest absolute Gasteiger partial charge is 0.450 e. The number of amides is 3. The summed E-state index contributed by atoms with van der Waals surface area (Å²) in [6.07, 6.45) is 0.870. The number of ether oxygens (including phenoxy) is 1. The maximum Gasteiger partial charge on any atom is 0.409 e. The predicted octanol–water partition coefficient (Wildman–Crippen LogP) is 2.12. The first-order chi connectivity index (χ1) is 12.5. The van der Waals surface area contributed by atoms with Crippen molar-refractivity contribution in [3.8, 4) is 0 Å². The Morgan fingerprint density at radius 2 is 1.62 bits per heavy atom. The normalized spacial score (nSPS) is 14.1. The zero-order chi connectivity index (χ0) is 18.9. The molecule has 1 heterocycles. The van der Waals surface area contributed by atoms with Crippen LogP contribution >= 0.6 is 0 Å². The average Bonchev–Trinajstić information content (AvgIpc) is 2.68. The van der Waals surface area contributed by atoms with Gasteiger partial charge >= 0.3 is 6.09 Å². The quantitative estimate of drug-likeness (QED) is 0.778. The fourth-order valence-electron chi connectivity index (χ4n) is 2.87. The van der Waals surface area contributed by atoms with Gasteiger partial charge in [0.1, 0.15) is 0 Å². The van der Waals surface area contributed by atoms with E-state index in [-0.39, 0.29) is 17.9 Å². The van der Waals surface area contributed by atoms with Crippen molar-refractivity contribution in [3.63, 3.8) is 0 Å². The molecule has 2 rings (SSSR count). The molecule has 7 nitrogen and oxygen atoms in total. The lowest BCUT2D eigenvalue weighted by molar-refractivity contribution is -0.133. The van der Waals surface area contributed by atoms with E-state index in [1.54, 1.807) is 28.7 Å². The molecule has 3 amide bonds. The van der Waals surface area contributed by atoms with Crippen molar-refractivity contribution in [1.82, 2.24) is 9.80 Å². The average molecular weight is 361 g/mol. The maximum absolute atomic E-state index is 12.3. The first-order valence-corrected chi connectivity index (χ1v) is 9.04. The Morgan fingerprint density at radius 1 is 1.00 bits per heavy atom. The SMILES string of the molecule is CCOC(=O)N1CCN(C(=O)CCCC(=O)N(C)c2ccccc2)CC1. The van der Waals surface area contributed by atoms with Crippen LogP contribution in [0.1, 0.15) is 26.2 Å². The summed E-state index contributed by atoms with van der Waals surface area (Å²) in [4.78, 5) is 41.2. The number of hydrogen-bond acceptors (Lipinski definition) is 4. The molecule has 0 bridgehead atoms. The molecule has 1 saturated heterocycles. The van der Waals surface area contributed by atoms with Gasteiger partial charge in [0.15, 0.2) is 0 Å². The van der Waals surface area contributed by atoms with Gasteiger partial charge in [0, 0.05) is 51.8 Å². The summed E-state index contributed by atoms with van der Waals surface area (Å²) in [6, 6.07) is 9.44. The van der Waals surface area contributed by atoms with Gasteiger partial charge in [-0.3, -0.25) is 9.59 Å². The lowest BCUT2D eigenvalue weighted by Gasteiger charge is -2.34. The fourth-order valence-corrected chi connectivity index (χ4v) is 2.87. The van der Waals surface area contributed by atoms with Gasteiger partial charge in [-0.25, -0.2) is 4.79 Å². The second kappa shape index (κ2) is 9.79. The molecule has 0 spiro atoms. The molecule has 1 fully saturated rings. The van der Waals surface area contributed by atoms with E-state index in [9.17, 15) is 14.4 Å². The highest BCUT2D eigenvalue weighted by atomic mass is 16.6. The number of anilines is 1. The lowest BCUT2D eigenvalue weighted by atomic mass is 10.2. The summed E-state index contributed by atoms with van der Waals surface area (Å²) < 4.78 is 4.97. The van der Waals surface area contributed by atoms with Gasteiger partial charge in [-0.05, 0) is 25.5 Å². The van der Waals surface area contributed by atoms with Crippen molar-refractivity contribution in [2.24, 2.45) is 0 Å². The Labute approximate surface area is 154 Å². The third-order valence-corrected chi connectivity index (χ3v) is 4.46. The number of piperazine rings is 1. The summed E-state index contributed by atoms with van der Waals surface area (Å²) in [5, 5.41) is 0. The molecule has 0 saturated carbocycles. The Balaban J connectivity index is 1.69. The van der Waals surface area contributed by atoms with E-state index < -0.39 is 0 Å². The summed E-state index contributed by atoms with van der Waals surface area (Å²) in [5.41, 5.74) is 0.846. The fraction of sp³-hybridized carbons (Fsp3) is 0.526. The van der Waals surface area contributed by atoms with Crippen molar-refractivity contribution >= 4 is 23.6 Å². The Kier molecular flexibility index (Phi) is 7.44. The van der Waals surface area contributed by atoms with Crippen LogP contribution < -0.4 is 4.90 Å². The molecule has 0 aliphatic carbocycles.